The first-order chi connectivity index (χ1) is 14.1. The molecular formula is C22H26N2O5. The van der Waals surface area contributed by atoms with E-state index in [0.717, 1.165) is 19.3 Å². The molecule has 0 saturated heterocycles. The van der Waals surface area contributed by atoms with Gasteiger partial charge >= 0.3 is 5.97 Å². The van der Waals surface area contributed by atoms with Gasteiger partial charge in [-0.15, -0.1) is 0 Å². The number of carbonyl (C=O) groups is 2. The Kier molecular flexibility index (Phi) is 9.35. The molecule has 0 unspecified atom stereocenters. The highest BCUT2D eigenvalue weighted by molar-refractivity contribution is 6.05. The second-order valence-corrected chi connectivity index (χ2v) is 6.14. The lowest BCUT2D eigenvalue weighted by molar-refractivity contribution is -0.143. The first-order valence-corrected chi connectivity index (χ1v) is 9.60. The van der Waals surface area contributed by atoms with Crippen LogP contribution in [0.25, 0.3) is 6.08 Å². The number of ether oxygens (including phenoxy) is 3. The SMILES string of the molecule is CCOC(=O)CCCCCOc1cc(/C=C/C(=O)c2ccccn2)ncc1OC. The Morgan fingerprint density at radius 3 is 2.69 bits per heavy atom. The van der Waals surface area contributed by atoms with Crippen molar-refractivity contribution in [1.82, 2.24) is 9.97 Å². The van der Waals surface area contributed by atoms with E-state index in [1.165, 1.54) is 6.08 Å². The molecule has 29 heavy (non-hydrogen) atoms. The van der Waals surface area contributed by atoms with Gasteiger partial charge in [-0.2, -0.15) is 0 Å². The molecule has 0 aliphatic carbocycles. The Bertz CT molecular complexity index is 821. The lowest BCUT2D eigenvalue weighted by atomic mass is 10.2. The number of aromatic nitrogens is 2. The third kappa shape index (κ3) is 7.73. The normalized spacial score (nSPS) is 10.7. The van der Waals surface area contributed by atoms with Crippen molar-refractivity contribution in [2.24, 2.45) is 0 Å². The van der Waals surface area contributed by atoms with Crippen molar-refractivity contribution >= 4 is 17.8 Å². The summed E-state index contributed by atoms with van der Waals surface area (Å²) in [6, 6.07) is 6.90. The van der Waals surface area contributed by atoms with Crippen molar-refractivity contribution in [3.05, 3.63) is 54.1 Å². The van der Waals surface area contributed by atoms with Crippen LogP contribution in [0.5, 0.6) is 11.5 Å². The summed E-state index contributed by atoms with van der Waals surface area (Å²) in [7, 11) is 1.54. The lowest BCUT2D eigenvalue weighted by Gasteiger charge is -2.11. The predicted octanol–water partition coefficient (Wildman–Crippen LogP) is 3.88. The summed E-state index contributed by atoms with van der Waals surface area (Å²) in [6.45, 7) is 2.69. The molecule has 7 heteroatoms. The van der Waals surface area contributed by atoms with Crippen molar-refractivity contribution < 1.29 is 23.8 Å². The summed E-state index contributed by atoms with van der Waals surface area (Å²) in [5, 5.41) is 0. The highest BCUT2D eigenvalue weighted by Gasteiger charge is 2.08. The summed E-state index contributed by atoms with van der Waals surface area (Å²) in [4.78, 5) is 31.7. The number of hydrogen-bond acceptors (Lipinski definition) is 7. The van der Waals surface area contributed by atoms with Crippen LogP contribution in [-0.2, 0) is 9.53 Å². The van der Waals surface area contributed by atoms with Crippen molar-refractivity contribution in [2.45, 2.75) is 32.6 Å². The number of esters is 1. The molecule has 0 atom stereocenters. The summed E-state index contributed by atoms with van der Waals surface area (Å²) in [6.07, 6.45) is 9.02. The number of unbranched alkanes of at least 4 members (excludes halogenated alkanes) is 2. The largest absolute Gasteiger partial charge is 0.491 e. The highest BCUT2D eigenvalue weighted by atomic mass is 16.5. The second-order valence-electron chi connectivity index (χ2n) is 6.14. The number of methoxy groups -OCH3 is 1. The van der Waals surface area contributed by atoms with Gasteiger partial charge in [0.2, 0.25) is 5.78 Å². The number of rotatable bonds is 12. The maximum absolute atomic E-state index is 12.1. The minimum absolute atomic E-state index is 0.166. The number of hydrogen-bond donors (Lipinski definition) is 0. The van der Waals surface area contributed by atoms with Gasteiger partial charge in [0.1, 0.15) is 5.69 Å². The molecule has 2 rings (SSSR count). The van der Waals surface area contributed by atoms with Crippen LogP contribution in [0.1, 0.15) is 48.8 Å². The Hall–Kier alpha value is -3.22. The average Bonchev–Trinajstić information content (AvgIpc) is 2.75. The van der Waals surface area contributed by atoms with Gasteiger partial charge in [-0.3, -0.25) is 19.6 Å². The molecule has 0 saturated carbocycles. The fourth-order valence-electron chi connectivity index (χ4n) is 2.52. The van der Waals surface area contributed by atoms with Crippen molar-refractivity contribution in [3.63, 3.8) is 0 Å². The first kappa shape index (κ1) is 22.1. The quantitative estimate of drug-likeness (QED) is 0.232. The van der Waals surface area contributed by atoms with Crippen molar-refractivity contribution in [2.75, 3.05) is 20.3 Å². The zero-order chi connectivity index (χ0) is 20.9. The summed E-state index contributed by atoms with van der Waals surface area (Å²) >= 11 is 0. The molecule has 0 amide bonds. The zero-order valence-electron chi connectivity index (χ0n) is 16.8. The first-order valence-electron chi connectivity index (χ1n) is 9.60. The van der Waals surface area contributed by atoms with E-state index >= 15 is 0 Å². The van der Waals surface area contributed by atoms with Crippen LogP contribution in [0.15, 0.2) is 42.7 Å². The fraction of sp³-hybridized carbons (Fsp3) is 0.364. The van der Waals surface area contributed by atoms with E-state index in [-0.39, 0.29) is 11.8 Å². The number of pyridine rings is 2. The maximum Gasteiger partial charge on any atom is 0.305 e. The summed E-state index contributed by atoms with van der Waals surface area (Å²) in [5.74, 6) is 0.704. The molecule has 0 aromatic carbocycles. The summed E-state index contributed by atoms with van der Waals surface area (Å²) in [5.41, 5.74) is 0.948. The van der Waals surface area contributed by atoms with Gasteiger partial charge in [0.05, 0.1) is 32.2 Å². The zero-order valence-corrected chi connectivity index (χ0v) is 16.8. The Morgan fingerprint density at radius 2 is 1.97 bits per heavy atom. The molecule has 2 aromatic rings. The fourth-order valence-corrected chi connectivity index (χ4v) is 2.52. The molecule has 2 aromatic heterocycles. The molecule has 0 fully saturated rings. The van der Waals surface area contributed by atoms with Crippen LogP contribution in [0.4, 0.5) is 0 Å². The Balaban J connectivity index is 1.87. The van der Waals surface area contributed by atoms with E-state index in [2.05, 4.69) is 9.97 Å². The molecule has 0 aliphatic heterocycles. The van der Waals surface area contributed by atoms with Gasteiger partial charge in [-0.25, -0.2) is 0 Å². The van der Waals surface area contributed by atoms with E-state index in [1.807, 2.05) is 0 Å². The average molecular weight is 398 g/mol. The number of allylic oxidation sites excluding steroid dienone is 1. The second kappa shape index (κ2) is 12.3. The van der Waals surface area contributed by atoms with Crippen LogP contribution in [0, 0.1) is 0 Å². The molecule has 154 valence electrons. The van der Waals surface area contributed by atoms with Crippen LogP contribution in [-0.4, -0.2) is 42.0 Å². The van der Waals surface area contributed by atoms with E-state index in [0.29, 0.717) is 42.5 Å². The number of nitrogens with zero attached hydrogens (tertiary/aromatic N) is 2. The van der Waals surface area contributed by atoms with Crippen LogP contribution < -0.4 is 9.47 Å². The van der Waals surface area contributed by atoms with E-state index in [9.17, 15) is 9.59 Å². The van der Waals surface area contributed by atoms with Gasteiger partial charge in [0.15, 0.2) is 11.5 Å². The van der Waals surface area contributed by atoms with E-state index in [4.69, 9.17) is 14.2 Å². The molecule has 0 bridgehead atoms. The van der Waals surface area contributed by atoms with Gasteiger partial charge in [0, 0.05) is 18.7 Å². The van der Waals surface area contributed by atoms with Gasteiger partial charge in [-0.05, 0) is 50.5 Å². The van der Waals surface area contributed by atoms with Crippen molar-refractivity contribution in [3.8, 4) is 11.5 Å². The van der Waals surface area contributed by atoms with Crippen molar-refractivity contribution in [1.29, 1.82) is 0 Å². The highest BCUT2D eigenvalue weighted by Crippen LogP contribution is 2.27. The third-order valence-corrected chi connectivity index (χ3v) is 3.98. The maximum atomic E-state index is 12.1. The molecular weight excluding hydrogens is 372 g/mol. The van der Waals surface area contributed by atoms with Gasteiger partial charge in [0.25, 0.3) is 0 Å². The summed E-state index contributed by atoms with van der Waals surface area (Å²) < 4.78 is 16.0. The van der Waals surface area contributed by atoms with E-state index < -0.39 is 0 Å². The molecule has 2 heterocycles. The topological polar surface area (TPSA) is 87.6 Å². The van der Waals surface area contributed by atoms with E-state index in [1.54, 1.807) is 56.8 Å². The monoisotopic (exact) mass is 398 g/mol. The molecule has 0 radical (unpaired) electrons. The van der Waals surface area contributed by atoms with Crippen LogP contribution in [0.3, 0.4) is 0 Å². The van der Waals surface area contributed by atoms with Gasteiger partial charge < -0.3 is 14.2 Å². The smallest absolute Gasteiger partial charge is 0.305 e. The number of carbonyl (C=O) groups excluding carboxylic acids is 2. The Labute approximate surface area is 170 Å². The minimum Gasteiger partial charge on any atom is -0.491 e. The van der Waals surface area contributed by atoms with Crippen LogP contribution >= 0.6 is 0 Å². The molecule has 0 spiro atoms. The van der Waals surface area contributed by atoms with Gasteiger partial charge in [-0.1, -0.05) is 6.07 Å². The number of ketones is 1. The predicted molar refractivity (Wildman–Crippen MR) is 109 cm³/mol. The standard InChI is InChI=1S/C22H26N2O5/c1-3-28-22(26)10-5-4-8-14-29-20-15-17(24-16-21(20)27-2)11-12-19(25)18-9-6-7-13-23-18/h6-7,9,11-13,15-16H,3-5,8,10,14H2,1-2H3/b12-11+. The molecule has 0 N–H and O–H groups in total. The Morgan fingerprint density at radius 1 is 1.10 bits per heavy atom. The third-order valence-electron chi connectivity index (χ3n) is 3.98. The van der Waals surface area contributed by atoms with Crippen LogP contribution in [0.2, 0.25) is 0 Å². The molecule has 0 aliphatic rings. The lowest BCUT2D eigenvalue weighted by Crippen LogP contribution is -2.04. The molecule has 7 nitrogen and oxygen atoms in total. The minimum atomic E-state index is -0.202.